The van der Waals surface area contributed by atoms with Crippen LogP contribution >= 0.6 is 0 Å². The van der Waals surface area contributed by atoms with E-state index in [-0.39, 0.29) is 5.56 Å². The molecule has 0 aliphatic heterocycles. The van der Waals surface area contributed by atoms with E-state index in [1.54, 1.807) is 6.07 Å². The van der Waals surface area contributed by atoms with E-state index in [0.29, 0.717) is 29.3 Å². The van der Waals surface area contributed by atoms with Crippen molar-refractivity contribution >= 4 is 16.9 Å². The fourth-order valence-electron chi connectivity index (χ4n) is 2.96. The highest BCUT2D eigenvalue weighted by Crippen LogP contribution is 2.26. The van der Waals surface area contributed by atoms with Gasteiger partial charge in [0.1, 0.15) is 0 Å². The third-order valence-electron chi connectivity index (χ3n) is 4.11. The van der Waals surface area contributed by atoms with Gasteiger partial charge >= 0.3 is 5.97 Å². The number of rotatable bonds is 4. The summed E-state index contributed by atoms with van der Waals surface area (Å²) < 4.78 is 5.77. The lowest BCUT2D eigenvalue weighted by molar-refractivity contribution is 0.0698. The van der Waals surface area contributed by atoms with E-state index in [1.165, 1.54) is 38.2 Å². The smallest absolute Gasteiger partial charge is 0.336 e. The molecule has 1 saturated carbocycles. The minimum atomic E-state index is -0.948. The first-order chi connectivity index (χ1) is 10.2. The predicted molar refractivity (Wildman–Crippen MR) is 80.8 cm³/mol. The number of pyridine rings is 1. The van der Waals surface area contributed by atoms with Crippen LogP contribution < -0.4 is 4.74 Å². The van der Waals surface area contributed by atoms with Crippen molar-refractivity contribution in [2.75, 3.05) is 6.61 Å². The molecule has 0 amide bonds. The molecular formula is C17H19NO3. The minimum absolute atomic E-state index is 0.249. The van der Waals surface area contributed by atoms with E-state index < -0.39 is 5.97 Å². The maximum absolute atomic E-state index is 11.4. The fourth-order valence-corrected chi connectivity index (χ4v) is 2.96. The van der Waals surface area contributed by atoms with Crippen LogP contribution in [-0.4, -0.2) is 22.7 Å². The van der Waals surface area contributed by atoms with Gasteiger partial charge in [-0.25, -0.2) is 9.78 Å². The molecule has 1 aromatic carbocycles. The first-order valence-corrected chi connectivity index (χ1v) is 7.50. The van der Waals surface area contributed by atoms with Crippen molar-refractivity contribution in [1.29, 1.82) is 0 Å². The lowest BCUT2D eigenvalue weighted by Gasteiger charge is -2.21. The first-order valence-electron chi connectivity index (χ1n) is 7.50. The third kappa shape index (κ3) is 3.15. The summed E-state index contributed by atoms with van der Waals surface area (Å²) in [6.45, 7) is 0.629. The van der Waals surface area contributed by atoms with Crippen LogP contribution in [0.15, 0.2) is 30.3 Å². The van der Waals surface area contributed by atoms with Gasteiger partial charge < -0.3 is 9.84 Å². The zero-order valence-corrected chi connectivity index (χ0v) is 11.9. The molecule has 1 aliphatic rings. The van der Waals surface area contributed by atoms with Gasteiger partial charge in [-0.15, -0.1) is 0 Å². The Morgan fingerprint density at radius 2 is 2.00 bits per heavy atom. The average Bonchev–Trinajstić information content (AvgIpc) is 2.53. The highest BCUT2D eigenvalue weighted by Gasteiger charge is 2.16. The van der Waals surface area contributed by atoms with Crippen molar-refractivity contribution in [1.82, 2.24) is 4.98 Å². The van der Waals surface area contributed by atoms with Crippen LogP contribution in [0.5, 0.6) is 5.88 Å². The molecule has 1 fully saturated rings. The Balaban J connectivity index is 1.83. The van der Waals surface area contributed by atoms with Crippen molar-refractivity contribution in [3.8, 4) is 5.88 Å². The molecule has 3 rings (SSSR count). The van der Waals surface area contributed by atoms with Crippen molar-refractivity contribution in [2.45, 2.75) is 32.1 Å². The van der Waals surface area contributed by atoms with Crippen LogP contribution in [0.4, 0.5) is 0 Å². The number of carboxylic acid groups (broad SMARTS) is 1. The van der Waals surface area contributed by atoms with Gasteiger partial charge in [0.25, 0.3) is 0 Å². The summed E-state index contributed by atoms with van der Waals surface area (Å²) in [5.41, 5.74) is 0.912. The Morgan fingerprint density at radius 1 is 1.24 bits per heavy atom. The number of carboxylic acids is 1. The highest BCUT2D eigenvalue weighted by atomic mass is 16.5. The standard InChI is InChI=1S/C17H19NO3/c19-17(20)14-10-16(18-15-9-5-4-8-13(14)15)21-11-12-6-2-1-3-7-12/h4-5,8-10,12H,1-3,6-7,11H2,(H,19,20). The summed E-state index contributed by atoms with van der Waals surface area (Å²) in [6.07, 6.45) is 6.23. The van der Waals surface area contributed by atoms with E-state index >= 15 is 0 Å². The van der Waals surface area contributed by atoms with E-state index in [1.807, 2.05) is 18.2 Å². The molecule has 21 heavy (non-hydrogen) atoms. The van der Waals surface area contributed by atoms with Gasteiger partial charge in [0.15, 0.2) is 0 Å². The molecule has 4 heteroatoms. The number of para-hydroxylation sites is 1. The topological polar surface area (TPSA) is 59.4 Å². The second-order valence-electron chi connectivity index (χ2n) is 5.65. The molecule has 0 unspecified atom stereocenters. The van der Waals surface area contributed by atoms with Gasteiger partial charge in [-0.3, -0.25) is 0 Å². The molecule has 0 radical (unpaired) electrons. The summed E-state index contributed by atoms with van der Waals surface area (Å²) in [5, 5.41) is 9.99. The number of aromatic carboxylic acids is 1. The monoisotopic (exact) mass is 285 g/mol. The lowest BCUT2D eigenvalue weighted by Crippen LogP contribution is -2.16. The summed E-state index contributed by atoms with van der Waals surface area (Å²) in [5.74, 6) is 0.0353. The normalized spacial score (nSPS) is 16.0. The van der Waals surface area contributed by atoms with Gasteiger partial charge in [0.05, 0.1) is 17.7 Å². The van der Waals surface area contributed by atoms with Gasteiger partial charge in [0.2, 0.25) is 5.88 Å². The van der Waals surface area contributed by atoms with Gasteiger partial charge in [-0.05, 0) is 24.8 Å². The second kappa shape index (κ2) is 6.12. The van der Waals surface area contributed by atoms with Crippen LogP contribution in [0.25, 0.3) is 10.9 Å². The molecule has 0 bridgehead atoms. The van der Waals surface area contributed by atoms with Gasteiger partial charge in [-0.2, -0.15) is 0 Å². The maximum Gasteiger partial charge on any atom is 0.336 e. The number of ether oxygens (including phenoxy) is 1. The summed E-state index contributed by atoms with van der Waals surface area (Å²) in [6, 6.07) is 8.80. The van der Waals surface area contributed by atoms with Crippen LogP contribution in [0, 0.1) is 5.92 Å². The molecule has 4 nitrogen and oxygen atoms in total. The van der Waals surface area contributed by atoms with Crippen LogP contribution in [0.1, 0.15) is 42.5 Å². The zero-order chi connectivity index (χ0) is 14.7. The summed E-state index contributed by atoms with van der Waals surface area (Å²) >= 11 is 0. The SMILES string of the molecule is O=C(O)c1cc(OCC2CCCCC2)nc2ccccc12. The van der Waals surface area contributed by atoms with E-state index in [4.69, 9.17) is 4.74 Å². The molecule has 1 heterocycles. The zero-order valence-electron chi connectivity index (χ0n) is 11.9. The number of carbonyl (C=O) groups is 1. The molecule has 0 saturated heterocycles. The molecule has 0 spiro atoms. The van der Waals surface area contributed by atoms with E-state index in [2.05, 4.69) is 4.98 Å². The maximum atomic E-state index is 11.4. The van der Waals surface area contributed by atoms with Crippen molar-refractivity contribution < 1.29 is 14.6 Å². The molecule has 1 aromatic heterocycles. The summed E-state index contributed by atoms with van der Waals surface area (Å²) in [7, 11) is 0. The third-order valence-corrected chi connectivity index (χ3v) is 4.11. The van der Waals surface area contributed by atoms with E-state index in [9.17, 15) is 9.90 Å². The highest BCUT2D eigenvalue weighted by molar-refractivity contribution is 6.02. The minimum Gasteiger partial charge on any atom is -0.478 e. The Labute approximate surface area is 123 Å². The largest absolute Gasteiger partial charge is 0.478 e. The Bertz CT molecular complexity index is 648. The van der Waals surface area contributed by atoms with Crippen LogP contribution in [0.3, 0.4) is 0 Å². The van der Waals surface area contributed by atoms with Crippen LogP contribution in [0.2, 0.25) is 0 Å². The lowest BCUT2D eigenvalue weighted by atomic mass is 9.90. The van der Waals surface area contributed by atoms with Crippen LogP contribution in [-0.2, 0) is 0 Å². The quantitative estimate of drug-likeness (QED) is 0.925. The summed E-state index contributed by atoms with van der Waals surface area (Å²) in [4.78, 5) is 15.8. The van der Waals surface area contributed by atoms with Crippen molar-refractivity contribution in [2.24, 2.45) is 5.92 Å². The molecule has 2 aromatic rings. The Hall–Kier alpha value is -2.10. The Kier molecular flexibility index (Phi) is 4.04. The number of hydrogen-bond acceptors (Lipinski definition) is 3. The average molecular weight is 285 g/mol. The molecule has 0 atom stereocenters. The second-order valence-corrected chi connectivity index (χ2v) is 5.65. The fraction of sp³-hybridized carbons (Fsp3) is 0.412. The first kappa shape index (κ1) is 13.9. The van der Waals surface area contributed by atoms with Crippen molar-refractivity contribution in [3.63, 3.8) is 0 Å². The number of benzene rings is 1. The number of aromatic nitrogens is 1. The number of fused-ring (bicyclic) bond motifs is 1. The van der Waals surface area contributed by atoms with E-state index in [0.717, 1.165) is 0 Å². The molecule has 1 N–H and O–H groups in total. The van der Waals surface area contributed by atoms with Gasteiger partial charge in [-0.1, -0.05) is 37.5 Å². The predicted octanol–water partition coefficient (Wildman–Crippen LogP) is 3.89. The van der Waals surface area contributed by atoms with Crippen molar-refractivity contribution in [3.05, 3.63) is 35.9 Å². The number of nitrogens with zero attached hydrogens (tertiary/aromatic N) is 1. The number of hydrogen-bond donors (Lipinski definition) is 1. The van der Waals surface area contributed by atoms with Gasteiger partial charge in [0, 0.05) is 11.5 Å². The molecule has 1 aliphatic carbocycles. The molecule has 110 valence electrons. The Morgan fingerprint density at radius 3 is 2.76 bits per heavy atom. The molecular weight excluding hydrogens is 266 g/mol.